The number of aryl methyl sites for hydroxylation is 1. The van der Waals surface area contributed by atoms with Crippen molar-refractivity contribution in [2.45, 2.75) is 32.2 Å². The highest BCUT2D eigenvalue weighted by molar-refractivity contribution is 6.07. The number of nitrogens with zero attached hydrogens (tertiary/aromatic N) is 1. The first kappa shape index (κ1) is 28.6. The van der Waals surface area contributed by atoms with Gasteiger partial charge in [0.2, 0.25) is 0 Å². The summed E-state index contributed by atoms with van der Waals surface area (Å²) in [5.41, 5.74) is 2.72. The van der Waals surface area contributed by atoms with Gasteiger partial charge in [0.05, 0.1) is 19.8 Å². The van der Waals surface area contributed by atoms with Gasteiger partial charge in [0.25, 0.3) is 11.8 Å². The van der Waals surface area contributed by atoms with E-state index in [1.165, 1.54) is 26.4 Å². The molecule has 0 bridgehead atoms. The van der Waals surface area contributed by atoms with Gasteiger partial charge in [-0.05, 0) is 60.5 Å². The molecule has 2 amide bonds. The molecule has 9 heteroatoms. The summed E-state index contributed by atoms with van der Waals surface area (Å²) >= 11 is 0. The van der Waals surface area contributed by atoms with Gasteiger partial charge in [-0.15, -0.1) is 0 Å². The number of anilines is 1. The lowest BCUT2D eigenvalue weighted by molar-refractivity contribution is 0.0946. The van der Waals surface area contributed by atoms with E-state index < -0.39 is 11.2 Å². The average Bonchev–Trinajstić information content (AvgIpc) is 3.32. The third-order valence-electron chi connectivity index (χ3n) is 6.91. The number of fused-ring (bicyclic) bond motifs is 1. The molecule has 0 aliphatic rings. The highest BCUT2D eigenvalue weighted by Crippen LogP contribution is 2.29. The van der Waals surface area contributed by atoms with E-state index in [0.717, 1.165) is 11.1 Å². The van der Waals surface area contributed by atoms with Crippen molar-refractivity contribution < 1.29 is 28.6 Å². The molecule has 0 unspecified atom stereocenters. The van der Waals surface area contributed by atoms with Crippen LogP contribution in [0.15, 0.2) is 66.9 Å². The largest absolute Gasteiger partial charge is 0.493 e. The number of hydrogen-bond donors (Lipinski definition) is 3. The molecule has 40 heavy (non-hydrogen) atoms. The Morgan fingerprint density at radius 3 is 2.35 bits per heavy atom. The maximum atomic E-state index is 14.0. The summed E-state index contributed by atoms with van der Waals surface area (Å²) in [7, 11) is 3.05. The molecule has 0 fully saturated rings. The van der Waals surface area contributed by atoms with Gasteiger partial charge in [-0.2, -0.15) is 0 Å². The number of aromatic nitrogens is 1. The fraction of sp³-hybridized carbons (Fsp3) is 0.290. The Kier molecular flexibility index (Phi) is 8.74. The van der Waals surface area contributed by atoms with E-state index in [-0.39, 0.29) is 18.4 Å². The Hall–Kier alpha value is -4.37. The monoisotopic (exact) mass is 547 g/mol. The second-order valence-electron chi connectivity index (χ2n) is 10.1. The molecule has 3 N–H and O–H groups in total. The van der Waals surface area contributed by atoms with Crippen LogP contribution in [0, 0.1) is 5.82 Å². The second kappa shape index (κ2) is 12.2. The van der Waals surface area contributed by atoms with Crippen molar-refractivity contribution in [1.82, 2.24) is 9.88 Å². The Morgan fingerprint density at radius 1 is 0.950 bits per heavy atom. The second-order valence-corrected chi connectivity index (χ2v) is 10.1. The lowest BCUT2D eigenvalue weighted by atomic mass is 9.84. The Labute approximate surface area is 232 Å². The zero-order chi connectivity index (χ0) is 28.9. The van der Waals surface area contributed by atoms with Crippen molar-refractivity contribution in [2.24, 2.45) is 0 Å². The minimum Gasteiger partial charge on any atom is -0.493 e. The number of rotatable bonds is 11. The molecule has 0 saturated carbocycles. The first-order valence-corrected chi connectivity index (χ1v) is 13.0. The normalized spacial score (nSPS) is 11.3. The molecular weight excluding hydrogens is 513 g/mol. The van der Waals surface area contributed by atoms with Crippen molar-refractivity contribution in [1.29, 1.82) is 0 Å². The topological polar surface area (TPSA) is 102 Å². The maximum absolute atomic E-state index is 14.0. The molecule has 0 aliphatic heterocycles. The average molecular weight is 548 g/mol. The number of hydrogen-bond acceptors (Lipinski definition) is 5. The van der Waals surface area contributed by atoms with Crippen LogP contribution in [0.1, 0.15) is 46.5 Å². The number of aliphatic hydroxyl groups is 1. The summed E-state index contributed by atoms with van der Waals surface area (Å²) in [5.74, 6) is 0.00614. The van der Waals surface area contributed by atoms with Gasteiger partial charge in [-0.25, -0.2) is 4.39 Å². The number of halogens is 1. The van der Waals surface area contributed by atoms with Crippen molar-refractivity contribution in [3.63, 3.8) is 0 Å². The smallest absolute Gasteiger partial charge is 0.255 e. The molecule has 3 aromatic carbocycles. The lowest BCUT2D eigenvalue weighted by Crippen LogP contribution is -2.36. The van der Waals surface area contributed by atoms with Crippen LogP contribution in [-0.4, -0.2) is 48.9 Å². The van der Waals surface area contributed by atoms with E-state index in [0.29, 0.717) is 53.2 Å². The van der Waals surface area contributed by atoms with E-state index in [1.807, 2.05) is 42.7 Å². The summed E-state index contributed by atoms with van der Waals surface area (Å²) in [6.45, 7) is 4.90. The summed E-state index contributed by atoms with van der Waals surface area (Å²) in [6.07, 6.45) is 2.23. The predicted molar refractivity (Wildman–Crippen MR) is 153 cm³/mol. The zero-order valence-corrected chi connectivity index (χ0v) is 23.1. The van der Waals surface area contributed by atoms with Crippen LogP contribution in [0.2, 0.25) is 0 Å². The van der Waals surface area contributed by atoms with Crippen LogP contribution < -0.4 is 20.1 Å². The molecule has 0 atom stereocenters. The number of amides is 2. The van der Waals surface area contributed by atoms with Gasteiger partial charge < -0.3 is 29.8 Å². The van der Waals surface area contributed by atoms with E-state index in [9.17, 15) is 19.1 Å². The van der Waals surface area contributed by atoms with Crippen molar-refractivity contribution in [2.75, 3.05) is 32.7 Å². The summed E-state index contributed by atoms with van der Waals surface area (Å²) in [5, 5.41) is 15.6. The van der Waals surface area contributed by atoms with E-state index in [4.69, 9.17) is 9.47 Å². The highest BCUT2D eigenvalue weighted by Gasteiger charge is 2.23. The number of methoxy groups -OCH3 is 2. The number of nitrogens with one attached hydrogen (secondary N) is 2. The number of carbonyl (C=O) groups is 2. The molecule has 0 spiro atoms. The number of aliphatic hydroxyl groups excluding tert-OH is 1. The summed E-state index contributed by atoms with van der Waals surface area (Å²) in [4.78, 5) is 25.9. The Morgan fingerprint density at radius 2 is 1.68 bits per heavy atom. The molecule has 1 heterocycles. The van der Waals surface area contributed by atoms with Crippen molar-refractivity contribution in [3.05, 3.63) is 89.4 Å². The fourth-order valence-electron chi connectivity index (χ4n) is 4.56. The molecule has 4 rings (SSSR count). The maximum Gasteiger partial charge on any atom is 0.255 e. The van der Waals surface area contributed by atoms with Crippen LogP contribution in [0.3, 0.4) is 0 Å². The molecule has 210 valence electrons. The molecule has 0 saturated heterocycles. The number of benzene rings is 3. The minimum atomic E-state index is -0.429. The van der Waals surface area contributed by atoms with Crippen LogP contribution in [0.25, 0.3) is 10.9 Å². The van der Waals surface area contributed by atoms with Crippen LogP contribution in [0.4, 0.5) is 10.1 Å². The van der Waals surface area contributed by atoms with Gasteiger partial charge in [-0.3, -0.25) is 9.59 Å². The zero-order valence-electron chi connectivity index (χ0n) is 23.1. The van der Waals surface area contributed by atoms with Crippen molar-refractivity contribution >= 4 is 28.4 Å². The van der Waals surface area contributed by atoms with E-state index in [1.54, 1.807) is 30.5 Å². The van der Waals surface area contributed by atoms with Crippen LogP contribution >= 0.6 is 0 Å². The van der Waals surface area contributed by atoms with E-state index >= 15 is 0 Å². The number of ether oxygens (including phenoxy) is 2. The first-order chi connectivity index (χ1) is 19.2. The summed E-state index contributed by atoms with van der Waals surface area (Å²) < 4.78 is 26.4. The Bertz CT molecular complexity index is 1510. The molecule has 1 aromatic heterocycles. The molecular formula is C31H34FN3O5. The lowest BCUT2D eigenvalue weighted by Gasteiger charge is -2.26. The number of carbonyl (C=O) groups excluding carboxylic acids is 2. The van der Waals surface area contributed by atoms with Gasteiger partial charge in [-0.1, -0.05) is 26.0 Å². The minimum absolute atomic E-state index is 0.0231. The third kappa shape index (κ3) is 6.26. The standard InChI is InChI=1S/C31H34FN3O5/c1-31(2,19-33-30(38)25-18-35(14-5-15-36)26-12-9-22(32)17-24(25)26)21-7-10-23(11-8-21)34-29(37)20-6-13-27(39-3)28(16-20)40-4/h6-13,16-18,36H,5,14-15,19H2,1-4H3,(H,33,38)(H,34,37). The van der Waals surface area contributed by atoms with Gasteiger partial charge >= 0.3 is 0 Å². The molecule has 8 nitrogen and oxygen atoms in total. The summed E-state index contributed by atoms with van der Waals surface area (Å²) in [6, 6.07) is 16.8. The molecule has 0 aliphatic carbocycles. The SMILES string of the molecule is COc1ccc(C(=O)Nc2ccc(C(C)(C)CNC(=O)c3cn(CCCO)c4ccc(F)cc34)cc2)cc1OC. The molecule has 4 aromatic rings. The fourth-order valence-corrected chi connectivity index (χ4v) is 4.56. The van der Waals surface area contributed by atoms with Crippen LogP contribution in [-0.2, 0) is 12.0 Å². The van der Waals surface area contributed by atoms with E-state index in [2.05, 4.69) is 10.6 Å². The van der Waals surface area contributed by atoms with Gasteiger partial charge in [0, 0.05) is 53.5 Å². The predicted octanol–water partition coefficient (Wildman–Crippen LogP) is 5.14. The highest BCUT2D eigenvalue weighted by atomic mass is 19.1. The quantitative estimate of drug-likeness (QED) is 0.241. The van der Waals surface area contributed by atoms with Crippen LogP contribution in [0.5, 0.6) is 11.5 Å². The first-order valence-electron chi connectivity index (χ1n) is 13.0. The van der Waals surface area contributed by atoms with Gasteiger partial charge in [0.15, 0.2) is 11.5 Å². The van der Waals surface area contributed by atoms with Gasteiger partial charge in [0.1, 0.15) is 5.82 Å². The molecule has 0 radical (unpaired) electrons. The van der Waals surface area contributed by atoms with Crippen molar-refractivity contribution in [3.8, 4) is 11.5 Å². The Balaban J connectivity index is 1.43. The third-order valence-corrected chi connectivity index (χ3v) is 6.91.